The number of rotatable bonds is 9. The predicted molar refractivity (Wildman–Crippen MR) is 115 cm³/mol. The molecule has 1 aromatic carbocycles. The second-order valence-electron chi connectivity index (χ2n) is 7.54. The summed E-state index contributed by atoms with van der Waals surface area (Å²) in [5.41, 5.74) is 1.88. The lowest BCUT2D eigenvalue weighted by atomic mass is 10.0. The van der Waals surface area contributed by atoms with Gasteiger partial charge < -0.3 is 9.67 Å². The third kappa shape index (κ3) is 8.23. The van der Waals surface area contributed by atoms with Gasteiger partial charge in [-0.2, -0.15) is 13.2 Å². The Labute approximate surface area is 182 Å². The molecular formula is C24H32F3NO3. The molecule has 0 fully saturated rings. The number of nitrogens with zero attached hydrogens (tertiary/aromatic N) is 1. The SMILES string of the molecule is CCCCCCCC(=O)O.CCc1cc(C)c(C(=O)c2ccc(C(F)(F)F)cc2)n1C. The van der Waals surface area contributed by atoms with Crippen LogP contribution in [0.4, 0.5) is 13.2 Å². The molecule has 31 heavy (non-hydrogen) atoms. The number of aliphatic carboxylic acids is 1. The van der Waals surface area contributed by atoms with E-state index in [1.165, 1.54) is 31.4 Å². The van der Waals surface area contributed by atoms with E-state index in [1.54, 1.807) is 11.6 Å². The lowest BCUT2D eigenvalue weighted by molar-refractivity contribution is -0.138. The summed E-state index contributed by atoms with van der Waals surface area (Å²) in [6.45, 7) is 5.97. The summed E-state index contributed by atoms with van der Waals surface area (Å²) < 4.78 is 39.4. The Bertz CT molecular complexity index is 852. The second kappa shape index (κ2) is 12.3. The van der Waals surface area contributed by atoms with Crippen molar-refractivity contribution < 1.29 is 27.9 Å². The Hall–Kier alpha value is -2.57. The minimum absolute atomic E-state index is 0.259. The quantitative estimate of drug-likeness (QED) is 0.355. The number of ketones is 1. The Morgan fingerprint density at radius 3 is 2.03 bits per heavy atom. The van der Waals surface area contributed by atoms with Crippen molar-refractivity contribution in [3.63, 3.8) is 0 Å². The van der Waals surface area contributed by atoms with E-state index in [1.807, 2.05) is 19.9 Å². The first kappa shape index (κ1) is 26.5. The number of alkyl halides is 3. The zero-order valence-electron chi connectivity index (χ0n) is 18.7. The zero-order valence-corrected chi connectivity index (χ0v) is 18.7. The van der Waals surface area contributed by atoms with Crippen molar-refractivity contribution in [2.75, 3.05) is 0 Å². The highest BCUT2D eigenvalue weighted by molar-refractivity contribution is 6.09. The maximum Gasteiger partial charge on any atom is 0.416 e. The smallest absolute Gasteiger partial charge is 0.416 e. The number of aryl methyl sites for hydroxylation is 2. The van der Waals surface area contributed by atoms with Gasteiger partial charge in [0, 0.05) is 24.7 Å². The molecule has 0 unspecified atom stereocenters. The molecule has 0 saturated carbocycles. The highest BCUT2D eigenvalue weighted by Gasteiger charge is 2.30. The summed E-state index contributed by atoms with van der Waals surface area (Å²) in [6.07, 6.45) is 2.28. The van der Waals surface area contributed by atoms with E-state index in [2.05, 4.69) is 6.92 Å². The van der Waals surface area contributed by atoms with Gasteiger partial charge in [-0.05, 0) is 43.5 Å². The van der Waals surface area contributed by atoms with Crippen LogP contribution in [-0.2, 0) is 24.4 Å². The molecule has 0 radical (unpaired) electrons. The summed E-state index contributed by atoms with van der Waals surface area (Å²) in [4.78, 5) is 22.5. The minimum atomic E-state index is -4.39. The van der Waals surface area contributed by atoms with Crippen LogP contribution < -0.4 is 0 Å². The van der Waals surface area contributed by atoms with Crippen LogP contribution in [0.3, 0.4) is 0 Å². The van der Waals surface area contributed by atoms with E-state index in [0.717, 1.165) is 42.7 Å². The van der Waals surface area contributed by atoms with Crippen LogP contribution in [0.5, 0.6) is 0 Å². The fourth-order valence-electron chi connectivity index (χ4n) is 3.32. The van der Waals surface area contributed by atoms with Gasteiger partial charge >= 0.3 is 12.1 Å². The normalized spacial score (nSPS) is 11.1. The number of hydrogen-bond acceptors (Lipinski definition) is 2. The third-order valence-electron chi connectivity index (χ3n) is 5.07. The molecule has 2 rings (SSSR count). The van der Waals surface area contributed by atoms with E-state index >= 15 is 0 Å². The van der Waals surface area contributed by atoms with Gasteiger partial charge in [0.2, 0.25) is 5.78 Å². The van der Waals surface area contributed by atoms with Gasteiger partial charge in [-0.3, -0.25) is 9.59 Å². The molecule has 4 nitrogen and oxygen atoms in total. The molecule has 0 aliphatic carbocycles. The second-order valence-corrected chi connectivity index (χ2v) is 7.54. The standard InChI is InChI=1S/C16H16F3NO.C8H16O2/c1-4-13-9-10(2)14(20(13)3)15(21)11-5-7-12(8-6-11)16(17,18)19;1-2-3-4-5-6-7-8(9)10/h5-9H,4H2,1-3H3;2-7H2,1H3,(H,9,10). The average molecular weight is 440 g/mol. The largest absolute Gasteiger partial charge is 0.481 e. The predicted octanol–water partition coefficient (Wildman–Crippen LogP) is 6.58. The van der Waals surface area contributed by atoms with Gasteiger partial charge in [0.15, 0.2) is 0 Å². The number of carbonyl (C=O) groups is 2. The maximum atomic E-state index is 12.5. The summed E-state index contributed by atoms with van der Waals surface area (Å²) in [7, 11) is 1.79. The number of benzene rings is 1. The number of carboxylic acids is 1. The van der Waals surface area contributed by atoms with Crippen LogP contribution in [0.1, 0.15) is 85.2 Å². The lowest BCUT2D eigenvalue weighted by Gasteiger charge is -2.09. The highest BCUT2D eigenvalue weighted by atomic mass is 19.4. The molecule has 0 bridgehead atoms. The van der Waals surface area contributed by atoms with Gasteiger partial charge in [0.1, 0.15) is 0 Å². The Balaban J connectivity index is 0.000000407. The summed E-state index contributed by atoms with van der Waals surface area (Å²) >= 11 is 0. The van der Waals surface area contributed by atoms with Crippen molar-refractivity contribution in [3.05, 3.63) is 58.4 Å². The highest BCUT2D eigenvalue weighted by Crippen LogP contribution is 2.29. The molecule has 2 aromatic rings. The monoisotopic (exact) mass is 439 g/mol. The van der Waals surface area contributed by atoms with E-state index in [-0.39, 0.29) is 11.3 Å². The number of carbonyl (C=O) groups excluding carboxylic acids is 1. The Kier molecular flexibility index (Phi) is 10.5. The van der Waals surface area contributed by atoms with E-state index in [0.29, 0.717) is 12.1 Å². The molecule has 1 N–H and O–H groups in total. The van der Waals surface area contributed by atoms with Crippen LogP contribution in [0.2, 0.25) is 0 Å². The van der Waals surface area contributed by atoms with E-state index < -0.39 is 17.7 Å². The minimum Gasteiger partial charge on any atom is -0.481 e. The van der Waals surface area contributed by atoms with Crippen molar-refractivity contribution in [2.45, 2.75) is 71.9 Å². The average Bonchev–Trinajstić information content (AvgIpc) is 3.00. The van der Waals surface area contributed by atoms with Crippen molar-refractivity contribution in [1.82, 2.24) is 4.57 Å². The van der Waals surface area contributed by atoms with Gasteiger partial charge in [-0.1, -0.05) is 51.7 Å². The molecule has 1 aromatic heterocycles. The van der Waals surface area contributed by atoms with Gasteiger partial charge in [-0.25, -0.2) is 0 Å². The molecule has 1 heterocycles. The summed E-state index contributed by atoms with van der Waals surface area (Å²) in [5, 5.41) is 8.27. The van der Waals surface area contributed by atoms with Gasteiger partial charge in [-0.15, -0.1) is 0 Å². The lowest BCUT2D eigenvalue weighted by Crippen LogP contribution is -2.11. The van der Waals surface area contributed by atoms with Crippen LogP contribution in [-0.4, -0.2) is 21.4 Å². The first-order valence-electron chi connectivity index (χ1n) is 10.6. The number of unbranched alkanes of at least 4 members (excludes halogenated alkanes) is 4. The zero-order chi connectivity index (χ0) is 23.6. The van der Waals surface area contributed by atoms with E-state index in [9.17, 15) is 22.8 Å². The van der Waals surface area contributed by atoms with E-state index in [4.69, 9.17) is 5.11 Å². The summed E-state index contributed by atoms with van der Waals surface area (Å²) in [6, 6.07) is 6.25. The maximum absolute atomic E-state index is 12.5. The van der Waals surface area contributed by atoms with Gasteiger partial charge in [0.25, 0.3) is 0 Å². The molecule has 0 spiro atoms. The fourth-order valence-corrected chi connectivity index (χ4v) is 3.32. The Morgan fingerprint density at radius 1 is 1.00 bits per heavy atom. The first-order valence-corrected chi connectivity index (χ1v) is 10.6. The molecule has 0 saturated heterocycles. The summed E-state index contributed by atoms with van der Waals surface area (Å²) in [5.74, 6) is -0.931. The van der Waals surface area contributed by atoms with Crippen LogP contribution in [0.15, 0.2) is 30.3 Å². The molecule has 0 aliphatic rings. The Morgan fingerprint density at radius 2 is 1.58 bits per heavy atom. The topological polar surface area (TPSA) is 59.3 Å². The van der Waals surface area contributed by atoms with Crippen molar-refractivity contribution in [1.29, 1.82) is 0 Å². The number of aromatic nitrogens is 1. The van der Waals surface area contributed by atoms with Crippen molar-refractivity contribution in [3.8, 4) is 0 Å². The van der Waals surface area contributed by atoms with Crippen LogP contribution >= 0.6 is 0 Å². The number of halogens is 3. The number of hydrogen-bond donors (Lipinski definition) is 1. The molecule has 7 heteroatoms. The molecule has 172 valence electrons. The molecular weight excluding hydrogens is 407 g/mol. The van der Waals surface area contributed by atoms with Crippen LogP contribution in [0, 0.1) is 6.92 Å². The van der Waals surface area contributed by atoms with Gasteiger partial charge in [0.05, 0.1) is 11.3 Å². The van der Waals surface area contributed by atoms with Crippen LogP contribution in [0.25, 0.3) is 0 Å². The van der Waals surface area contributed by atoms with Crippen molar-refractivity contribution >= 4 is 11.8 Å². The molecule has 0 atom stereocenters. The first-order chi connectivity index (χ1) is 14.5. The fraction of sp³-hybridized carbons (Fsp3) is 0.500. The van der Waals surface area contributed by atoms with Crippen molar-refractivity contribution in [2.24, 2.45) is 7.05 Å². The number of carboxylic acid groups (broad SMARTS) is 1. The third-order valence-corrected chi connectivity index (χ3v) is 5.07. The molecule has 0 amide bonds. The molecule has 0 aliphatic heterocycles.